The Labute approximate surface area is 73.7 Å². The Morgan fingerprint density at radius 2 is 1.92 bits per heavy atom. The Kier molecular flexibility index (Phi) is 2.88. The van der Waals surface area contributed by atoms with E-state index < -0.39 is 5.66 Å². The molecule has 1 heterocycles. The van der Waals surface area contributed by atoms with E-state index in [1.165, 1.54) is 0 Å². The third-order valence-corrected chi connectivity index (χ3v) is 2.25. The molecule has 1 atom stereocenters. The second kappa shape index (κ2) is 3.56. The summed E-state index contributed by atoms with van der Waals surface area (Å²) in [4.78, 5) is 12.6. The largest absolute Gasteiger partial charge is 0.435 e. The number of piperidine rings is 1. The molecule has 1 aliphatic rings. The maximum absolute atomic E-state index is 11.0. The maximum atomic E-state index is 11.0. The fraction of sp³-hybridized carbons (Fsp3) is 0.833. The molecule has 1 aliphatic heterocycles. The number of nitrogens with two attached hydrogens (primary N) is 2. The number of carbonyl (C=O) groups is 1. The first-order chi connectivity index (χ1) is 5.55. The van der Waals surface area contributed by atoms with Crippen LogP contribution in [0, 0.1) is 0 Å². The summed E-state index contributed by atoms with van der Waals surface area (Å²) in [6, 6.07) is 0. The van der Waals surface area contributed by atoms with E-state index in [9.17, 15) is 4.79 Å². The lowest BCUT2D eigenvalue weighted by Crippen LogP contribution is -2.57. The first-order valence-electron chi connectivity index (χ1n) is 3.78. The molecule has 0 aromatic carbocycles. The van der Waals surface area contributed by atoms with Crippen molar-refractivity contribution in [2.75, 3.05) is 13.1 Å². The van der Waals surface area contributed by atoms with E-state index in [1.54, 1.807) is 4.90 Å². The average Bonchev–Trinajstić information content (AvgIpc) is 2.03. The minimum atomic E-state index is -0.613. The van der Waals surface area contributed by atoms with Crippen LogP contribution in [0.25, 0.3) is 0 Å². The van der Waals surface area contributed by atoms with Gasteiger partial charge in [0.2, 0.25) is 0 Å². The van der Waals surface area contributed by atoms with Crippen molar-refractivity contribution in [1.29, 1.82) is 0 Å². The summed E-state index contributed by atoms with van der Waals surface area (Å²) < 4.78 is 4.48. The zero-order valence-electron chi connectivity index (χ0n) is 6.82. The van der Waals surface area contributed by atoms with Gasteiger partial charge in [-0.25, -0.2) is 4.79 Å². The van der Waals surface area contributed by atoms with E-state index in [0.717, 1.165) is 0 Å². The van der Waals surface area contributed by atoms with Crippen LogP contribution in [0.1, 0.15) is 12.8 Å². The Balaban J connectivity index is 2.41. The summed E-state index contributed by atoms with van der Waals surface area (Å²) in [6.07, 6.45) is 0.898. The van der Waals surface area contributed by atoms with Crippen molar-refractivity contribution in [1.82, 2.24) is 4.90 Å². The predicted molar refractivity (Wildman–Crippen MR) is 48.1 cm³/mol. The SMILES string of the molecule is NC1(N)CCN(C(=O)OP)CC1. The number of likely N-dealkylation sites (tertiary alicyclic amines) is 1. The molecule has 0 radical (unpaired) electrons. The van der Waals surface area contributed by atoms with E-state index in [4.69, 9.17) is 11.5 Å². The topological polar surface area (TPSA) is 81.6 Å². The molecule has 5 nitrogen and oxygen atoms in total. The van der Waals surface area contributed by atoms with Crippen molar-refractivity contribution in [2.45, 2.75) is 18.5 Å². The highest BCUT2D eigenvalue weighted by Gasteiger charge is 2.28. The minimum absolute atomic E-state index is 0.337. The van der Waals surface area contributed by atoms with E-state index in [2.05, 4.69) is 4.52 Å². The quantitative estimate of drug-likeness (QED) is 0.404. The Morgan fingerprint density at radius 1 is 1.42 bits per heavy atom. The van der Waals surface area contributed by atoms with Gasteiger partial charge in [-0.15, -0.1) is 0 Å². The molecule has 1 unspecified atom stereocenters. The van der Waals surface area contributed by atoms with E-state index in [1.807, 2.05) is 9.47 Å². The maximum Gasteiger partial charge on any atom is 0.411 e. The van der Waals surface area contributed by atoms with Gasteiger partial charge >= 0.3 is 6.09 Å². The highest BCUT2D eigenvalue weighted by atomic mass is 31.0. The summed E-state index contributed by atoms with van der Waals surface area (Å²) in [6.45, 7) is 1.14. The van der Waals surface area contributed by atoms with Crippen molar-refractivity contribution in [2.24, 2.45) is 11.5 Å². The molecular formula is C6H14N3O2P. The molecule has 1 amide bonds. The van der Waals surface area contributed by atoms with Gasteiger partial charge in [-0.3, -0.25) is 0 Å². The van der Waals surface area contributed by atoms with Crippen molar-refractivity contribution in [3.8, 4) is 0 Å². The van der Waals surface area contributed by atoms with Crippen LogP contribution < -0.4 is 11.5 Å². The van der Waals surface area contributed by atoms with Gasteiger partial charge in [-0.2, -0.15) is 0 Å². The molecule has 6 heteroatoms. The fourth-order valence-electron chi connectivity index (χ4n) is 1.18. The second-order valence-corrected chi connectivity index (χ2v) is 3.34. The van der Waals surface area contributed by atoms with Crippen LogP contribution in [-0.2, 0) is 4.52 Å². The number of rotatable bonds is 0. The van der Waals surface area contributed by atoms with Gasteiger partial charge in [0.25, 0.3) is 0 Å². The summed E-state index contributed by atoms with van der Waals surface area (Å²) in [5.74, 6) is 0. The molecule has 70 valence electrons. The van der Waals surface area contributed by atoms with Gasteiger partial charge in [-0.05, 0) is 12.8 Å². The van der Waals surface area contributed by atoms with E-state index in [-0.39, 0.29) is 6.09 Å². The van der Waals surface area contributed by atoms with Gasteiger partial charge in [0.1, 0.15) is 0 Å². The smallest absolute Gasteiger partial charge is 0.411 e. The Morgan fingerprint density at radius 3 is 2.33 bits per heavy atom. The van der Waals surface area contributed by atoms with Crippen molar-refractivity contribution in [3.63, 3.8) is 0 Å². The lowest BCUT2D eigenvalue weighted by atomic mass is 10.00. The Bertz CT molecular complexity index is 176. The van der Waals surface area contributed by atoms with Gasteiger partial charge in [0.05, 0.1) is 15.1 Å². The monoisotopic (exact) mass is 191 g/mol. The number of carbonyl (C=O) groups excluding carboxylic acids is 1. The molecule has 4 N–H and O–H groups in total. The van der Waals surface area contributed by atoms with Crippen LogP contribution in [0.3, 0.4) is 0 Å². The van der Waals surface area contributed by atoms with E-state index >= 15 is 0 Å². The fourth-order valence-corrected chi connectivity index (χ4v) is 1.33. The first-order valence-corrected chi connectivity index (χ1v) is 4.26. The third-order valence-electron chi connectivity index (χ3n) is 2.05. The van der Waals surface area contributed by atoms with E-state index in [0.29, 0.717) is 25.9 Å². The Hall–Kier alpha value is -0.380. The summed E-state index contributed by atoms with van der Waals surface area (Å²) in [5, 5.41) is 0. The van der Waals surface area contributed by atoms with Gasteiger partial charge in [-0.1, -0.05) is 0 Å². The molecule has 1 fully saturated rings. The van der Waals surface area contributed by atoms with Crippen LogP contribution in [-0.4, -0.2) is 29.7 Å². The molecular weight excluding hydrogens is 177 g/mol. The lowest BCUT2D eigenvalue weighted by molar-refractivity contribution is 0.130. The summed E-state index contributed by atoms with van der Waals surface area (Å²) >= 11 is 0. The van der Waals surface area contributed by atoms with Gasteiger partial charge in [0.15, 0.2) is 0 Å². The molecule has 0 spiro atoms. The standard InChI is InChI=1S/C6H14N3O2P/c7-6(8)1-3-9(4-2-6)5(10)11-12/h1-4,7-8,12H2. The summed E-state index contributed by atoms with van der Waals surface area (Å²) in [5.41, 5.74) is 10.7. The van der Waals surface area contributed by atoms with Gasteiger partial charge in [0, 0.05) is 13.1 Å². The highest BCUT2D eigenvalue weighted by Crippen LogP contribution is 2.15. The van der Waals surface area contributed by atoms with Gasteiger partial charge < -0.3 is 20.9 Å². The minimum Gasteiger partial charge on any atom is -0.435 e. The molecule has 0 aromatic heterocycles. The number of amides is 1. The number of hydrogen-bond acceptors (Lipinski definition) is 4. The molecule has 0 bridgehead atoms. The molecule has 0 aromatic rings. The zero-order chi connectivity index (χ0) is 9.19. The van der Waals surface area contributed by atoms with Crippen molar-refractivity contribution in [3.05, 3.63) is 0 Å². The lowest BCUT2D eigenvalue weighted by Gasteiger charge is -2.35. The van der Waals surface area contributed by atoms with Crippen LogP contribution in [0.4, 0.5) is 4.79 Å². The molecule has 1 saturated heterocycles. The highest BCUT2D eigenvalue weighted by molar-refractivity contribution is 7.10. The zero-order valence-corrected chi connectivity index (χ0v) is 7.98. The van der Waals surface area contributed by atoms with Crippen molar-refractivity contribution < 1.29 is 9.32 Å². The molecule has 0 saturated carbocycles. The van der Waals surface area contributed by atoms with Crippen molar-refractivity contribution >= 4 is 15.6 Å². The van der Waals surface area contributed by atoms with Crippen LogP contribution in [0.5, 0.6) is 0 Å². The number of hydrogen-bond donors (Lipinski definition) is 2. The average molecular weight is 191 g/mol. The first kappa shape index (κ1) is 9.71. The molecule has 12 heavy (non-hydrogen) atoms. The molecule has 1 rings (SSSR count). The second-order valence-electron chi connectivity index (χ2n) is 3.10. The van der Waals surface area contributed by atoms with Crippen LogP contribution in [0.2, 0.25) is 0 Å². The predicted octanol–water partition coefficient (Wildman–Crippen LogP) is -0.377. The normalized spacial score (nSPS) is 22.1. The molecule has 0 aliphatic carbocycles. The third kappa shape index (κ3) is 2.30. The van der Waals surface area contributed by atoms with Crippen LogP contribution >= 0.6 is 9.47 Å². The summed E-state index contributed by atoms with van der Waals surface area (Å²) in [7, 11) is 1.93. The number of nitrogens with zero attached hydrogens (tertiary/aromatic N) is 1. The van der Waals surface area contributed by atoms with Crippen LogP contribution in [0.15, 0.2) is 0 Å².